The third-order valence-corrected chi connectivity index (χ3v) is 3.38. The number of carbonyl (C=O) groups excluding carboxylic acids is 2. The molecule has 2 aromatic carbocycles. The van der Waals surface area contributed by atoms with Gasteiger partial charge in [-0.15, -0.1) is 0 Å². The molecule has 0 radical (unpaired) electrons. The van der Waals surface area contributed by atoms with E-state index < -0.39 is 11.8 Å². The molecule has 0 saturated heterocycles. The quantitative estimate of drug-likeness (QED) is 0.796. The summed E-state index contributed by atoms with van der Waals surface area (Å²) in [7, 11) is 1.48. The van der Waals surface area contributed by atoms with Crippen LogP contribution >= 0.6 is 0 Å². The Hall–Kier alpha value is -3.02. The van der Waals surface area contributed by atoms with Crippen LogP contribution in [0.2, 0.25) is 0 Å². The van der Waals surface area contributed by atoms with Gasteiger partial charge in [0.25, 0.3) is 11.8 Å². The van der Waals surface area contributed by atoms with Crippen LogP contribution in [0.1, 0.15) is 22.8 Å². The Morgan fingerprint density at radius 3 is 2.33 bits per heavy atom. The van der Waals surface area contributed by atoms with Gasteiger partial charge in [-0.05, 0) is 30.2 Å². The number of hydrogen-bond donors (Lipinski definition) is 2. The summed E-state index contributed by atoms with van der Waals surface area (Å²) in [5.41, 5.74) is 6.01. The molecule has 0 atom stereocenters. The molecule has 0 heterocycles. The zero-order valence-electron chi connectivity index (χ0n) is 13.7. The van der Waals surface area contributed by atoms with Crippen molar-refractivity contribution in [2.45, 2.75) is 13.3 Å². The largest absolute Gasteiger partial charge is 0.496 e. The van der Waals surface area contributed by atoms with Crippen LogP contribution in [0.3, 0.4) is 0 Å². The van der Waals surface area contributed by atoms with E-state index in [-0.39, 0.29) is 6.61 Å². The Labute approximate surface area is 140 Å². The summed E-state index contributed by atoms with van der Waals surface area (Å²) in [5, 5.41) is 0. The maximum Gasteiger partial charge on any atom is 0.276 e. The highest BCUT2D eigenvalue weighted by atomic mass is 16.5. The lowest BCUT2D eigenvalue weighted by Gasteiger charge is -2.12. The van der Waals surface area contributed by atoms with Crippen molar-refractivity contribution in [3.05, 3.63) is 59.7 Å². The summed E-state index contributed by atoms with van der Waals surface area (Å²) in [4.78, 5) is 23.9. The van der Waals surface area contributed by atoms with Crippen molar-refractivity contribution in [2.24, 2.45) is 0 Å². The number of aryl methyl sites for hydroxylation is 1. The maximum absolute atomic E-state index is 12.1. The number of para-hydroxylation sites is 2. The fourth-order valence-electron chi connectivity index (χ4n) is 2.14. The fourth-order valence-corrected chi connectivity index (χ4v) is 2.14. The standard InChI is InChI=1S/C18H20N2O4/c1-3-13-8-4-6-10-15(13)24-12-17(21)19-20-18(22)14-9-5-7-11-16(14)23-2/h4-11H,3,12H2,1-2H3,(H,19,21)(H,20,22). The first kappa shape index (κ1) is 17.3. The zero-order valence-corrected chi connectivity index (χ0v) is 13.7. The van der Waals surface area contributed by atoms with E-state index in [9.17, 15) is 9.59 Å². The predicted molar refractivity (Wildman–Crippen MR) is 89.9 cm³/mol. The Morgan fingerprint density at radius 1 is 0.958 bits per heavy atom. The second-order valence-electron chi connectivity index (χ2n) is 4.95. The van der Waals surface area contributed by atoms with Crippen molar-refractivity contribution in [3.8, 4) is 11.5 Å². The number of hydrazine groups is 1. The molecule has 2 aromatic rings. The van der Waals surface area contributed by atoms with Gasteiger partial charge in [-0.25, -0.2) is 0 Å². The van der Waals surface area contributed by atoms with Crippen molar-refractivity contribution in [3.63, 3.8) is 0 Å². The normalized spacial score (nSPS) is 9.92. The van der Waals surface area contributed by atoms with Crippen molar-refractivity contribution in [2.75, 3.05) is 13.7 Å². The molecular formula is C18H20N2O4. The molecule has 24 heavy (non-hydrogen) atoms. The number of ether oxygens (including phenoxy) is 2. The van der Waals surface area contributed by atoms with Crippen LogP contribution in [0.25, 0.3) is 0 Å². The molecule has 0 saturated carbocycles. The summed E-state index contributed by atoms with van der Waals surface area (Å²) in [6.45, 7) is 1.82. The molecule has 126 valence electrons. The Kier molecular flexibility index (Phi) is 6.19. The third kappa shape index (κ3) is 4.49. The van der Waals surface area contributed by atoms with Crippen molar-refractivity contribution in [1.29, 1.82) is 0 Å². The van der Waals surface area contributed by atoms with E-state index in [1.807, 2.05) is 25.1 Å². The van der Waals surface area contributed by atoms with Crippen LogP contribution < -0.4 is 20.3 Å². The molecule has 0 aliphatic heterocycles. The van der Waals surface area contributed by atoms with Gasteiger partial charge < -0.3 is 9.47 Å². The van der Waals surface area contributed by atoms with E-state index in [1.165, 1.54) is 7.11 Å². The van der Waals surface area contributed by atoms with E-state index in [0.29, 0.717) is 17.1 Å². The summed E-state index contributed by atoms with van der Waals surface area (Å²) in [6.07, 6.45) is 0.808. The Balaban J connectivity index is 1.86. The first-order chi connectivity index (χ1) is 11.7. The van der Waals surface area contributed by atoms with E-state index in [0.717, 1.165) is 12.0 Å². The highest BCUT2D eigenvalue weighted by Crippen LogP contribution is 2.18. The van der Waals surface area contributed by atoms with Gasteiger partial charge in [-0.2, -0.15) is 0 Å². The van der Waals surface area contributed by atoms with Crippen LogP contribution in [0.4, 0.5) is 0 Å². The van der Waals surface area contributed by atoms with Gasteiger partial charge in [0.15, 0.2) is 6.61 Å². The molecule has 0 aliphatic carbocycles. The summed E-state index contributed by atoms with van der Waals surface area (Å²) >= 11 is 0. The molecule has 2 N–H and O–H groups in total. The number of amides is 2. The average molecular weight is 328 g/mol. The van der Waals surface area contributed by atoms with Gasteiger partial charge >= 0.3 is 0 Å². The van der Waals surface area contributed by atoms with E-state index in [2.05, 4.69) is 10.9 Å². The Bertz CT molecular complexity index is 716. The lowest BCUT2D eigenvalue weighted by atomic mass is 10.1. The molecule has 0 unspecified atom stereocenters. The maximum atomic E-state index is 12.1. The van der Waals surface area contributed by atoms with Crippen molar-refractivity contribution >= 4 is 11.8 Å². The smallest absolute Gasteiger partial charge is 0.276 e. The van der Waals surface area contributed by atoms with Gasteiger partial charge in [0.05, 0.1) is 12.7 Å². The minimum atomic E-state index is -0.463. The molecule has 0 fully saturated rings. The summed E-state index contributed by atoms with van der Waals surface area (Å²) in [5.74, 6) is 0.169. The molecule has 6 heteroatoms. The highest BCUT2D eigenvalue weighted by molar-refractivity contribution is 5.97. The first-order valence-electron chi connectivity index (χ1n) is 7.58. The number of hydrogen-bond acceptors (Lipinski definition) is 4. The number of benzene rings is 2. The minimum Gasteiger partial charge on any atom is -0.496 e. The molecule has 6 nitrogen and oxygen atoms in total. The van der Waals surface area contributed by atoms with E-state index in [1.54, 1.807) is 30.3 Å². The second-order valence-corrected chi connectivity index (χ2v) is 4.95. The SMILES string of the molecule is CCc1ccccc1OCC(=O)NNC(=O)c1ccccc1OC. The van der Waals surface area contributed by atoms with E-state index >= 15 is 0 Å². The van der Waals surface area contributed by atoms with Gasteiger partial charge in [-0.3, -0.25) is 20.4 Å². The molecule has 0 spiro atoms. The second kappa shape index (κ2) is 8.57. The van der Waals surface area contributed by atoms with Crippen LogP contribution in [0.5, 0.6) is 11.5 Å². The average Bonchev–Trinajstić information content (AvgIpc) is 2.64. The number of methoxy groups -OCH3 is 1. The van der Waals surface area contributed by atoms with Crippen LogP contribution in [0.15, 0.2) is 48.5 Å². The van der Waals surface area contributed by atoms with E-state index in [4.69, 9.17) is 9.47 Å². The number of rotatable bonds is 6. The molecule has 0 bridgehead atoms. The molecule has 0 aromatic heterocycles. The van der Waals surface area contributed by atoms with Gasteiger partial charge in [-0.1, -0.05) is 37.3 Å². The molecule has 2 rings (SSSR count). The predicted octanol–water partition coefficient (Wildman–Crippen LogP) is 2.10. The van der Waals surface area contributed by atoms with Crippen LogP contribution in [0, 0.1) is 0 Å². The summed E-state index contributed by atoms with van der Waals surface area (Å²) in [6, 6.07) is 14.2. The monoisotopic (exact) mass is 328 g/mol. The first-order valence-corrected chi connectivity index (χ1v) is 7.58. The Morgan fingerprint density at radius 2 is 1.62 bits per heavy atom. The third-order valence-electron chi connectivity index (χ3n) is 3.38. The lowest BCUT2D eigenvalue weighted by Crippen LogP contribution is -2.43. The van der Waals surface area contributed by atoms with Crippen molar-refractivity contribution in [1.82, 2.24) is 10.9 Å². The molecular weight excluding hydrogens is 308 g/mol. The number of nitrogens with one attached hydrogen (secondary N) is 2. The minimum absolute atomic E-state index is 0.191. The fraction of sp³-hybridized carbons (Fsp3) is 0.222. The molecule has 0 aliphatic rings. The lowest BCUT2D eigenvalue weighted by molar-refractivity contribution is -0.123. The van der Waals surface area contributed by atoms with Crippen LogP contribution in [-0.2, 0) is 11.2 Å². The van der Waals surface area contributed by atoms with Crippen LogP contribution in [-0.4, -0.2) is 25.5 Å². The zero-order chi connectivity index (χ0) is 17.4. The van der Waals surface area contributed by atoms with Crippen molar-refractivity contribution < 1.29 is 19.1 Å². The summed E-state index contributed by atoms with van der Waals surface area (Å²) < 4.78 is 10.6. The van der Waals surface area contributed by atoms with Gasteiger partial charge in [0, 0.05) is 0 Å². The highest BCUT2D eigenvalue weighted by Gasteiger charge is 2.12. The number of carbonyl (C=O) groups is 2. The van der Waals surface area contributed by atoms with Gasteiger partial charge in [0.1, 0.15) is 11.5 Å². The van der Waals surface area contributed by atoms with Gasteiger partial charge in [0.2, 0.25) is 0 Å². The topological polar surface area (TPSA) is 76.7 Å². The molecule has 2 amide bonds.